The summed E-state index contributed by atoms with van der Waals surface area (Å²) in [4.78, 5) is 22.5. The van der Waals surface area contributed by atoms with Crippen LogP contribution in [0.1, 0.15) is 36.1 Å². The van der Waals surface area contributed by atoms with Crippen molar-refractivity contribution < 1.29 is 9.53 Å². The van der Waals surface area contributed by atoms with Crippen LogP contribution in [0, 0.1) is 20.8 Å². The predicted molar refractivity (Wildman–Crippen MR) is 131 cm³/mol. The van der Waals surface area contributed by atoms with Crippen molar-refractivity contribution in [2.45, 2.75) is 41.0 Å². The van der Waals surface area contributed by atoms with Gasteiger partial charge in [-0.25, -0.2) is 4.98 Å². The van der Waals surface area contributed by atoms with Crippen LogP contribution in [0.5, 0.6) is 5.75 Å². The Balaban J connectivity index is 1.93. The summed E-state index contributed by atoms with van der Waals surface area (Å²) in [5.41, 5.74) is 5.58. The van der Waals surface area contributed by atoms with Gasteiger partial charge in [0.15, 0.2) is 5.13 Å². The number of carbonyl (C=O) groups is 1. The van der Waals surface area contributed by atoms with Crippen molar-refractivity contribution in [3.05, 3.63) is 52.6 Å². The molecule has 0 spiro atoms. The molecule has 0 N–H and O–H groups in total. The molecule has 0 aliphatic carbocycles. The van der Waals surface area contributed by atoms with Gasteiger partial charge in [0.25, 0.3) is 0 Å². The normalized spacial score (nSPS) is 11.3. The molecule has 2 aromatic carbocycles. The number of rotatable bonds is 9. The molecular formula is C25H33N3O2S. The van der Waals surface area contributed by atoms with Gasteiger partial charge in [-0.05, 0) is 68.8 Å². The lowest BCUT2D eigenvalue weighted by atomic mass is 9.97. The molecule has 166 valence electrons. The van der Waals surface area contributed by atoms with E-state index >= 15 is 0 Å². The number of thiazole rings is 1. The molecule has 6 heteroatoms. The number of aryl methyl sites for hydroxylation is 3. The first-order valence-corrected chi connectivity index (χ1v) is 11.7. The van der Waals surface area contributed by atoms with Crippen LogP contribution in [-0.4, -0.2) is 49.1 Å². The fourth-order valence-electron chi connectivity index (χ4n) is 3.98. The molecule has 0 aliphatic heterocycles. The second-order valence-electron chi connectivity index (χ2n) is 7.96. The van der Waals surface area contributed by atoms with Gasteiger partial charge < -0.3 is 9.64 Å². The second-order valence-corrected chi connectivity index (χ2v) is 8.97. The molecule has 0 saturated heterocycles. The molecule has 3 aromatic rings. The number of methoxy groups -OCH3 is 1. The van der Waals surface area contributed by atoms with E-state index in [1.54, 1.807) is 18.4 Å². The zero-order valence-corrected chi connectivity index (χ0v) is 20.3. The summed E-state index contributed by atoms with van der Waals surface area (Å²) in [6.45, 7) is 14.0. The molecule has 0 fully saturated rings. The summed E-state index contributed by atoms with van der Waals surface area (Å²) in [6.07, 6.45) is 0.384. The number of amides is 1. The number of anilines is 1. The van der Waals surface area contributed by atoms with E-state index < -0.39 is 0 Å². The van der Waals surface area contributed by atoms with E-state index in [0.717, 1.165) is 46.3 Å². The third kappa shape index (κ3) is 5.43. The van der Waals surface area contributed by atoms with E-state index in [1.165, 1.54) is 16.7 Å². The van der Waals surface area contributed by atoms with Gasteiger partial charge in [-0.1, -0.05) is 42.9 Å². The number of likely N-dealkylation sites (N-methyl/N-ethyl adjacent to an activating group) is 1. The molecule has 5 nitrogen and oxygen atoms in total. The number of fused-ring (bicyclic) bond motifs is 1. The largest absolute Gasteiger partial charge is 0.497 e. The highest BCUT2D eigenvalue weighted by Gasteiger charge is 2.22. The van der Waals surface area contributed by atoms with Gasteiger partial charge in [-0.15, -0.1) is 0 Å². The summed E-state index contributed by atoms with van der Waals surface area (Å²) in [5, 5.41) is 0.753. The fraction of sp³-hybridized carbons (Fsp3) is 0.440. The molecule has 0 radical (unpaired) electrons. The van der Waals surface area contributed by atoms with Crippen molar-refractivity contribution in [1.82, 2.24) is 9.88 Å². The predicted octanol–water partition coefficient (Wildman–Crippen LogP) is 5.15. The summed E-state index contributed by atoms with van der Waals surface area (Å²) < 4.78 is 6.38. The third-order valence-electron chi connectivity index (χ3n) is 5.82. The van der Waals surface area contributed by atoms with Gasteiger partial charge in [0.1, 0.15) is 5.75 Å². The quantitative estimate of drug-likeness (QED) is 0.463. The zero-order valence-electron chi connectivity index (χ0n) is 19.5. The summed E-state index contributed by atoms with van der Waals surface area (Å²) in [7, 11) is 1.66. The van der Waals surface area contributed by atoms with Crippen molar-refractivity contribution >= 4 is 32.6 Å². The zero-order chi connectivity index (χ0) is 22.5. The lowest BCUT2D eigenvalue weighted by Gasteiger charge is -2.25. The number of hydrogen-bond acceptors (Lipinski definition) is 5. The van der Waals surface area contributed by atoms with E-state index in [-0.39, 0.29) is 5.91 Å². The number of aromatic nitrogens is 1. The SMILES string of the molecule is CCN(CC)CCN(C(=O)Cc1c(C)cc(C)cc1C)c1nc2ccc(OC)cc2s1. The first-order valence-electron chi connectivity index (χ1n) is 10.9. The molecule has 0 saturated carbocycles. The van der Waals surface area contributed by atoms with Crippen LogP contribution in [0.4, 0.5) is 5.13 Å². The Bertz CT molecular complexity index is 1030. The molecule has 31 heavy (non-hydrogen) atoms. The monoisotopic (exact) mass is 439 g/mol. The maximum Gasteiger partial charge on any atom is 0.233 e. The highest BCUT2D eigenvalue weighted by Crippen LogP contribution is 2.32. The number of benzene rings is 2. The smallest absolute Gasteiger partial charge is 0.233 e. The number of nitrogens with zero attached hydrogens (tertiary/aromatic N) is 3. The topological polar surface area (TPSA) is 45.7 Å². The van der Waals surface area contributed by atoms with Crippen LogP contribution in [0.15, 0.2) is 30.3 Å². The first-order chi connectivity index (χ1) is 14.9. The molecule has 3 rings (SSSR count). The van der Waals surface area contributed by atoms with E-state index in [4.69, 9.17) is 9.72 Å². The van der Waals surface area contributed by atoms with Crippen molar-refractivity contribution in [2.75, 3.05) is 38.2 Å². The lowest BCUT2D eigenvalue weighted by Crippen LogP contribution is -2.39. The van der Waals surface area contributed by atoms with Gasteiger partial charge in [0, 0.05) is 13.1 Å². The Morgan fingerprint density at radius 2 is 1.71 bits per heavy atom. The molecule has 0 bridgehead atoms. The van der Waals surface area contributed by atoms with Crippen molar-refractivity contribution in [2.24, 2.45) is 0 Å². The number of ether oxygens (including phenoxy) is 1. The standard InChI is InChI=1S/C25H33N3O2S/c1-7-27(8-2)11-12-28(24(29)16-21-18(4)13-17(3)14-19(21)5)25-26-22-10-9-20(30-6)15-23(22)31-25/h9-10,13-15H,7-8,11-12,16H2,1-6H3. The Morgan fingerprint density at radius 3 is 2.32 bits per heavy atom. The molecule has 0 atom stereocenters. The number of carbonyl (C=O) groups excluding carboxylic acids is 1. The molecule has 0 aliphatic rings. The Hall–Kier alpha value is -2.44. The minimum Gasteiger partial charge on any atom is -0.497 e. The molecule has 1 amide bonds. The summed E-state index contributed by atoms with van der Waals surface area (Å²) >= 11 is 1.55. The average Bonchev–Trinajstić information content (AvgIpc) is 3.16. The van der Waals surface area contributed by atoms with E-state index in [1.807, 2.05) is 23.1 Å². The van der Waals surface area contributed by atoms with Crippen LogP contribution in [0.3, 0.4) is 0 Å². The second kappa shape index (κ2) is 10.2. The molecule has 1 aromatic heterocycles. The summed E-state index contributed by atoms with van der Waals surface area (Å²) in [5.74, 6) is 0.892. The van der Waals surface area contributed by atoms with Crippen molar-refractivity contribution in [3.8, 4) is 5.75 Å². The minimum atomic E-state index is 0.0910. The average molecular weight is 440 g/mol. The third-order valence-corrected chi connectivity index (χ3v) is 6.86. The van der Waals surface area contributed by atoms with Crippen molar-refractivity contribution in [3.63, 3.8) is 0 Å². The maximum absolute atomic E-state index is 13.5. The summed E-state index contributed by atoms with van der Waals surface area (Å²) in [6, 6.07) is 10.2. The first kappa shape index (κ1) is 23.2. The van der Waals surface area contributed by atoms with Gasteiger partial charge >= 0.3 is 0 Å². The van der Waals surface area contributed by atoms with Gasteiger partial charge in [-0.3, -0.25) is 9.69 Å². The molecule has 1 heterocycles. The lowest BCUT2D eigenvalue weighted by molar-refractivity contribution is -0.118. The fourth-order valence-corrected chi connectivity index (χ4v) is 5.02. The highest BCUT2D eigenvalue weighted by atomic mass is 32.1. The van der Waals surface area contributed by atoms with Crippen LogP contribution < -0.4 is 9.64 Å². The molecular weight excluding hydrogens is 406 g/mol. The van der Waals surface area contributed by atoms with E-state index in [0.29, 0.717) is 13.0 Å². The Labute approximate surface area is 189 Å². The van der Waals surface area contributed by atoms with Gasteiger partial charge in [-0.2, -0.15) is 0 Å². The van der Waals surface area contributed by atoms with Crippen molar-refractivity contribution in [1.29, 1.82) is 0 Å². The van der Waals surface area contributed by atoms with Crippen LogP contribution in [0.25, 0.3) is 10.2 Å². The maximum atomic E-state index is 13.5. The minimum absolute atomic E-state index is 0.0910. The molecule has 0 unspecified atom stereocenters. The highest BCUT2D eigenvalue weighted by molar-refractivity contribution is 7.22. The van der Waals surface area contributed by atoms with Crippen LogP contribution in [0.2, 0.25) is 0 Å². The van der Waals surface area contributed by atoms with Gasteiger partial charge in [0.2, 0.25) is 5.91 Å². The Kier molecular flexibility index (Phi) is 7.68. The van der Waals surface area contributed by atoms with Gasteiger partial charge in [0.05, 0.1) is 23.7 Å². The van der Waals surface area contributed by atoms with E-state index in [2.05, 4.69) is 51.7 Å². The van der Waals surface area contributed by atoms with E-state index in [9.17, 15) is 4.79 Å². The van der Waals surface area contributed by atoms with Crippen LogP contribution in [-0.2, 0) is 11.2 Å². The Morgan fingerprint density at radius 1 is 1.03 bits per heavy atom. The number of hydrogen-bond donors (Lipinski definition) is 0. The van der Waals surface area contributed by atoms with Crippen LogP contribution >= 0.6 is 11.3 Å².